The van der Waals surface area contributed by atoms with Crippen LogP contribution >= 0.6 is 0 Å². The van der Waals surface area contributed by atoms with Crippen LogP contribution in [0.25, 0.3) is 0 Å². The van der Waals surface area contributed by atoms with Crippen molar-refractivity contribution in [3.8, 4) is 0 Å². The number of hydrogen-bond donors (Lipinski definition) is 1. The lowest BCUT2D eigenvalue weighted by Crippen LogP contribution is -2.46. The van der Waals surface area contributed by atoms with Crippen molar-refractivity contribution in [3.05, 3.63) is 0 Å². The van der Waals surface area contributed by atoms with Gasteiger partial charge in [-0.3, -0.25) is 9.59 Å². The monoisotopic (exact) mass is 265 g/mol. The van der Waals surface area contributed by atoms with E-state index < -0.39 is 0 Å². The van der Waals surface area contributed by atoms with Crippen LogP contribution in [0.15, 0.2) is 5.10 Å². The number of hydrazone groups is 1. The second-order valence-electron chi connectivity index (χ2n) is 5.88. The minimum Gasteiger partial charge on any atom is -0.334 e. The molecule has 0 bridgehead atoms. The molecule has 1 heterocycles. The molecule has 0 spiro atoms. The average Bonchev–Trinajstić information content (AvgIpc) is 2.89. The van der Waals surface area contributed by atoms with Gasteiger partial charge in [0.2, 0.25) is 5.91 Å². The summed E-state index contributed by atoms with van der Waals surface area (Å²) < 4.78 is 0. The maximum absolute atomic E-state index is 12.6. The Labute approximate surface area is 114 Å². The zero-order valence-electron chi connectivity index (χ0n) is 11.8. The average molecular weight is 265 g/mol. The van der Waals surface area contributed by atoms with Crippen LogP contribution in [0.2, 0.25) is 0 Å². The molecule has 5 nitrogen and oxygen atoms in total. The number of carbonyl (C=O) groups excluding carboxylic acids is 2. The Morgan fingerprint density at radius 1 is 1.37 bits per heavy atom. The summed E-state index contributed by atoms with van der Waals surface area (Å²) in [6.45, 7) is 5.02. The van der Waals surface area contributed by atoms with Gasteiger partial charge in [0, 0.05) is 25.4 Å². The highest BCUT2D eigenvalue weighted by Gasteiger charge is 2.30. The molecular formula is C14H23N3O2. The van der Waals surface area contributed by atoms with Gasteiger partial charge in [-0.05, 0) is 18.8 Å². The highest BCUT2D eigenvalue weighted by molar-refractivity contribution is 6.39. The molecule has 1 aliphatic heterocycles. The Morgan fingerprint density at radius 3 is 2.58 bits per heavy atom. The fraction of sp³-hybridized carbons (Fsp3) is 0.786. The minimum absolute atomic E-state index is 0.0144. The summed E-state index contributed by atoms with van der Waals surface area (Å²) >= 11 is 0. The molecule has 0 aromatic heterocycles. The molecule has 0 radical (unpaired) electrons. The van der Waals surface area contributed by atoms with Gasteiger partial charge < -0.3 is 4.90 Å². The van der Waals surface area contributed by atoms with E-state index in [0.29, 0.717) is 30.5 Å². The van der Waals surface area contributed by atoms with E-state index in [4.69, 9.17) is 0 Å². The fourth-order valence-electron chi connectivity index (χ4n) is 2.80. The number of nitrogens with zero attached hydrogens (tertiary/aromatic N) is 2. The van der Waals surface area contributed by atoms with Gasteiger partial charge in [0.05, 0.1) is 0 Å². The van der Waals surface area contributed by atoms with Gasteiger partial charge in [-0.15, -0.1) is 0 Å². The van der Waals surface area contributed by atoms with Gasteiger partial charge in [-0.1, -0.05) is 26.7 Å². The predicted molar refractivity (Wildman–Crippen MR) is 73.6 cm³/mol. The summed E-state index contributed by atoms with van der Waals surface area (Å²) in [6, 6.07) is 0.357. The molecule has 1 aliphatic carbocycles. The molecule has 1 saturated carbocycles. The topological polar surface area (TPSA) is 61.8 Å². The highest BCUT2D eigenvalue weighted by atomic mass is 16.2. The van der Waals surface area contributed by atoms with E-state index in [1.54, 1.807) is 0 Å². The van der Waals surface area contributed by atoms with Crippen LogP contribution in [0.5, 0.6) is 0 Å². The standard InChI is InChI=1S/C14H23N3O2/c1-10(2)9-17(11-5-3-4-6-11)14(19)12-7-8-13(18)16-15-12/h10-11H,3-9H2,1-2H3,(H,16,18). The van der Waals surface area contributed by atoms with Crippen molar-refractivity contribution in [1.82, 2.24) is 10.3 Å². The largest absolute Gasteiger partial charge is 0.334 e. The van der Waals surface area contributed by atoms with Gasteiger partial charge in [0.25, 0.3) is 5.91 Å². The summed E-state index contributed by atoms with van der Waals surface area (Å²) in [5.74, 6) is 0.358. The molecule has 19 heavy (non-hydrogen) atoms. The second-order valence-corrected chi connectivity index (χ2v) is 5.88. The van der Waals surface area contributed by atoms with Gasteiger partial charge in [-0.2, -0.15) is 5.10 Å². The molecule has 5 heteroatoms. The Bertz CT molecular complexity index is 384. The van der Waals surface area contributed by atoms with E-state index in [0.717, 1.165) is 19.4 Å². The molecule has 1 fully saturated rings. The van der Waals surface area contributed by atoms with Crippen LogP contribution in [0.3, 0.4) is 0 Å². The molecule has 0 unspecified atom stereocenters. The van der Waals surface area contributed by atoms with E-state index in [-0.39, 0.29) is 11.8 Å². The highest BCUT2D eigenvalue weighted by Crippen LogP contribution is 2.25. The van der Waals surface area contributed by atoms with E-state index in [1.165, 1.54) is 12.8 Å². The van der Waals surface area contributed by atoms with E-state index >= 15 is 0 Å². The predicted octanol–water partition coefficient (Wildman–Crippen LogP) is 1.68. The molecule has 2 rings (SSSR count). The Hall–Kier alpha value is -1.39. The van der Waals surface area contributed by atoms with Crippen LogP contribution in [0.1, 0.15) is 52.4 Å². The Kier molecular flexibility index (Phi) is 4.56. The van der Waals surface area contributed by atoms with Gasteiger partial charge in [0.15, 0.2) is 0 Å². The first-order valence-electron chi connectivity index (χ1n) is 7.24. The van der Waals surface area contributed by atoms with Crippen molar-refractivity contribution >= 4 is 17.5 Å². The number of hydrogen-bond acceptors (Lipinski definition) is 3. The van der Waals surface area contributed by atoms with Crippen molar-refractivity contribution in [2.24, 2.45) is 11.0 Å². The van der Waals surface area contributed by atoms with E-state index in [2.05, 4.69) is 24.4 Å². The summed E-state index contributed by atoms with van der Waals surface area (Å²) in [6.07, 6.45) is 5.43. The van der Waals surface area contributed by atoms with Crippen LogP contribution in [0.4, 0.5) is 0 Å². The zero-order chi connectivity index (χ0) is 13.8. The first-order valence-corrected chi connectivity index (χ1v) is 7.24. The minimum atomic E-state index is -0.104. The van der Waals surface area contributed by atoms with Crippen LogP contribution in [-0.4, -0.2) is 35.0 Å². The summed E-state index contributed by atoms with van der Waals surface area (Å²) in [7, 11) is 0. The van der Waals surface area contributed by atoms with Gasteiger partial charge >= 0.3 is 0 Å². The van der Waals surface area contributed by atoms with E-state index in [1.807, 2.05) is 4.90 Å². The second kappa shape index (κ2) is 6.17. The molecule has 1 N–H and O–H groups in total. The van der Waals surface area contributed by atoms with Crippen molar-refractivity contribution in [1.29, 1.82) is 0 Å². The zero-order valence-corrected chi connectivity index (χ0v) is 11.8. The number of nitrogens with one attached hydrogen (secondary N) is 1. The Balaban J connectivity index is 2.08. The molecule has 0 aromatic rings. The normalized spacial score (nSPS) is 20.4. The number of rotatable bonds is 4. The van der Waals surface area contributed by atoms with Gasteiger partial charge in [-0.25, -0.2) is 5.43 Å². The quantitative estimate of drug-likeness (QED) is 0.840. The summed E-state index contributed by atoms with van der Waals surface area (Å²) in [4.78, 5) is 25.6. The van der Waals surface area contributed by atoms with Crippen LogP contribution in [-0.2, 0) is 9.59 Å². The van der Waals surface area contributed by atoms with Crippen molar-refractivity contribution in [2.75, 3.05) is 6.54 Å². The molecule has 106 valence electrons. The third-order valence-corrected chi connectivity index (χ3v) is 3.74. The van der Waals surface area contributed by atoms with Crippen molar-refractivity contribution < 1.29 is 9.59 Å². The molecular weight excluding hydrogens is 242 g/mol. The van der Waals surface area contributed by atoms with E-state index in [9.17, 15) is 9.59 Å². The van der Waals surface area contributed by atoms with Gasteiger partial charge in [0.1, 0.15) is 5.71 Å². The third kappa shape index (κ3) is 3.55. The maximum atomic E-state index is 12.6. The molecule has 0 atom stereocenters. The first kappa shape index (κ1) is 14.0. The summed E-state index contributed by atoms with van der Waals surface area (Å²) in [5, 5.41) is 3.94. The third-order valence-electron chi connectivity index (χ3n) is 3.74. The molecule has 2 amide bonds. The SMILES string of the molecule is CC(C)CN(C(=O)C1=NNC(=O)CC1)C1CCCC1. The molecule has 0 aromatic carbocycles. The number of amides is 2. The van der Waals surface area contributed by atoms with Crippen LogP contribution in [0, 0.1) is 5.92 Å². The fourth-order valence-corrected chi connectivity index (χ4v) is 2.80. The lowest BCUT2D eigenvalue weighted by atomic mass is 10.1. The lowest BCUT2D eigenvalue weighted by molar-refractivity contribution is -0.127. The van der Waals surface area contributed by atoms with Crippen LogP contribution < -0.4 is 5.43 Å². The first-order chi connectivity index (χ1) is 9.08. The lowest BCUT2D eigenvalue weighted by Gasteiger charge is -2.31. The smallest absolute Gasteiger partial charge is 0.270 e. The van der Waals surface area contributed by atoms with Crippen molar-refractivity contribution in [3.63, 3.8) is 0 Å². The van der Waals surface area contributed by atoms with Crippen molar-refractivity contribution in [2.45, 2.75) is 58.4 Å². The maximum Gasteiger partial charge on any atom is 0.270 e. The summed E-state index contributed by atoms with van der Waals surface area (Å²) in [5.41, 5.74) is 2.92. The number of carbonyl (C=O) groups is 2. The molecule has 0 saturated heterocycles. The Morgan fingerprint density at radius 2 is 2.05 bits per heavy atom. The molecule has 2 aliphatic rings.